The maximum atomic E-state index is 5.27. The lowest BCUT2D eigenvalue weighted by Crippen LogP contribution is -1.95. The van der Waals surface area contributed by atoms with Gasteiger partial charge in [-0.3, -0.25) is 0 Å². The molecule has 1 aromatic heterocycles. The van der Waals surface area contributed by atoms with E-state index in [1.165, 1.54) is 0 Å². The molecule has 2 nitrogen and oxygen atoms in total. The molecule has 0 radical (unpaired) electrons. The van der Waals surface area contributed by atoms with Crippen LogP contribution in [0.15, 0.2) is 24.4 Å². The first-order valence-corrected chi connectivity index (χ1v) is 3.53. The molecular weight excluding hydrogens is 136 g/mol. The third-order valence-electron chi connectivity index (χ3n) is 1.15. The number of aromatic nitrogens is 1. The second-order valence-corrected chi connectivity index (χ2v) is 2.06. The highest BCUT2D eigenvalue weighted by atomic mass is 14.6. The summed E-state index contributed by atoms with van der Waals surface area (Å²) in [5, 5.41) is 0. The molecule has 0 amide bonds. The monoisotopic (exact) mass is 146 g/mol. The van der Waals surface area contributed by atoms with E-state index in [-0.39, 0.29) is 0 Å². The minimum absolute atomic E-state index is 0.611. The molecule has 0 unspecified atom stereocenters. The Hall–Kier alpha value is -1.33. The van der Waals surface area contributed by atoms with Crippen LogP contribution < -0.4 is 5.73 Å². The van der Waals surface area contributed by atoms with E-state index in [2.05, 4.69) is 16.8 Å². The van der Waals surface area contributed by atoms with Gasteiger partial charge in [-0.25, -0.2) is 4.98 Å². The molecule has 1 aromatic rings. The van der Waals surface area contributed by atoms with Gasteiger partial charge in [-0.05, 0) is 18.1 Å². The lowest BCUT2D eigenvalue weighted by molar-refractivity contribution is 1.03. The van der Waals surface area contributed by atoms with Crippen LogP contribution >= 0.6 is 0 Å². The van der Waals surface area contributed by atoms with Crippen molar-refractivity contribution in [3.8, 4) is 11.8 Å². The van der Waals surface area contributed by atoms with Crippen molar-refractivity contribution in [1.29, 1.82) is 0 Å². The lowest BCUT2D eigenvalue weighted by Gasteiger charge is -1.84. The second-order valence-electron chi connectivity index (χ2n) is 2.06. The Morgan fingerprint density at radius 3 is 3.00 bits per heavy atom. The molecule has 0 atom stereocenters. The van der Waals surface area contributed by atoms with Crippen molar-refractivity contribution in [3.63, 3.8) is 0 Å². The lowest BCUT2D eigenvalue weighted by atomic mass is 10.3. The summed E-state index contributed by atoms with van der Waals surface area (Å²) in [5.41, 5.74) is 6.08. The number of rotatable bonds is 1. The fourth-order valence-electron chi connectivity index (χ4n) is 0.662. The van der Waals surface area contributed by atoms with Gasteiger partial charge in [-0.15, -0.1) is 0 Å². The normalized spacial score (nSPS) is 8.45. The number of nitrogens with zero attached hydrogens (tertiary/aromatic N) is 1. The zero-order valence-corrected chi connectivity index (χ0v) is 6.25. The van der Waals surface area contributed by atoms with E-state index in [9.17, 15) is 0 Å². The highest BCUT2D eigenvalue weighted by molar-refractivity contribution is 5.26. The van der Waals surface area contributed by atoms with Crippen molar-refractivity contribution in [3.05, 3.63) is 30.1 Å². The van der Waals surface area contributed by atoms with Crippen LogP contribution in [0.2, 0.25) is 0 Å². The molecule has 1 heterocycles. The fourth-order valence-corrected chi connectivity index (χ4v) is 0.662. The molecule has 0 aliphatic rings. The predicted octanol–water partition coefficient (Wildman–Crippen LogP) is 0.782. The van der Waals surface area contributed by atoms with Crippen molar-refractivity contribution >= 4 is 0 Å². The van der Waals surface area contributed by atoms with Crippen molar-refractivity contribution in [2.45, 2.75) is 6.42 Å². The largest absolute Gasteiger partial charge is 0.330 e. The Kier molecular flexibility index (Phi) is 3.17. The van der Waals surface area contributed by atoms with Crippen LogP contribution in [0.3, 0.4) is 0 Å². The summed E-state index contributed by atoms with van der Waals surface area (Å²) in [5.74, 6) is 5.82. The maximum Gasteiger partial charge on any atom is 0.113 e. The van der Waals surface area contributed by atoms with Crippen LogP contribution in [0.1, 0.15) is 12.1 Å². The standard InChI is InChI=1S/C9H10N2/c10-7-3-1-5-9-6-2-4-8-11-9/h2,4,6,8H,3,7,10H2. The van der Waals surface area contributed by atoms with E-state index in [1.807, 2.05) is 18.2 Å². The Morgan fingerprint density at radius 1 is 1.45 bits per heavy atom. The molecule has 0 saturated carbocycles. The molecule has 2 N–H and O–H groups in total. The summed E-state index contributed by atoms with van der Waals surface area (Å²) >= 11 is 0. The Bertz CT molecular complexity index is 256. The van der Waals surface area contributed by atoms with E-state index in [0.717, 1.165) is 12.1 Å². The van der Waals surface area contributed by atoms with E-state index in [4.69, 9.17) is 5.73 Å². The van der Waals surface area contributed by atoms with Crippen LogP contribution in [-0.2, 0) is 0 Å². The molecule has 0 saturated heterocycles. The molecule has 0 fully saturated rings. The van der Waals surface area contributed by atoms with Gasteiger partial charge in [0.2, 0.25) is 0 Å². The summed E-state index contributed by atoms with van der Waals surface area (Å²) in [6, 6.07) is 5.66. The highest BCUT2D eigenvalue weighted by Crippen LogP contribution is 1.88. The molecule has 0 aliphatic carbocycles. The van der Waals surface area contributed by atoms with Gasteiger partial charge in [0, 0.05) is 19.2 Å². The van der Waals surface area contributed by atoms with E-state index < -0.39 is 0 Å². The zero-order chi connectivity index (χ0) is 7.94. The quantitative estimate of drug-likeness (QED) is 0.595. The van der Waals surface area contributed by atoms with Gasteiger partial charge in [0.05, 0.1) is 0 Å². The first-order chi connectivity index (χ1) is 5.43. The first-order valence-electron chi connectivity index (χ1n) is 3.53. The van der Waals surface area contributed by atoms with Gasteiger partial charge in [0.25, 0.3) is 0 Å². The van der Waals surface area contributed by atoms with E-state index >= 15 is 0 Å². The third-order valence-corrected chi connectivity index (χ3v) is 1.15. The number of hydrogen-bond donors (Lipinski definition) is 1. The van der Waals surface area contributed by atoms with Crippen LogP contribution in [-0.4, -0.2) is 11.5 Å². The SMILES string of the molecule is NCCC#Cc1ccccn1. The van der Waals surface area contributed by atoms with Crippen LogP contribution in [0.25, 0.3) is 0 Å². The molecule has 1 rings (SSSR count). The molecule has 2 heteroatoms. The molecule has 0 spiro atoms. The average Bonchev–Trinajstić information content (AvgIpc) is 2.07. The van der Waals surface area contributed by atoms with Gasteiger partial charge in [-0.1, -0.05) is 12.0 Å². The minimum Gasteiger partial charge on any atom is -0.330 e. The minimum atomic E-state index is 0.611. The smallest absolute Gasteiger partial charge is 0.113 e. The van der Waals surface area contributed by atoms with Gasteiger partial charge < -0.3 is 5.73 Å². The van der Waals surface area contributed by atoms with Crippen molar-refractivity contribution in [1.82, 2.24) is 4.98 Å². The third kappa shape index (κ3) is 2.83. The van der Waals surface area contributed by atoms with Crippen molar-refractivity contribution in [2.24, 2.45) is 5.73 Å². The molecule has 11 heavy (non-hydrogen) atoms. The van der Waals surface area contributed by atoms with Crippen LogP contribution in [0, 0.1) is 11.8 Å². The molecule has 0 aromatic carbocycles. The highest BCUT2D eigenvalue weighted by Gasteiger charge is 1.81. The molecule has 56 valence electrons. The summed E-state index contributed by atoms with van der Waals surface area (Å²) in [4.78, 5) is 4.04. The Balaban J connectivity index is 2.59. The average molecular weight is 146 g/mol. The fraction of sp³-hybridized carbons (Fsp3) is 0.222. The predicted molar refractivity (Wildman–Crippen MR) is 44.8 cm³/mol. The van der Waals surface area contributed by atoms with Crippen molar-refractivity contribution in [2.75, 3.05) is 6.54 Å². The number of pyridine rings is 1. The Morgan fingerprint density at radius 2 is 2.36 bits per heavy atom. The van der Waals surface area contributed by atoms with E-state index in [1.54, 1.807) is 6.20 Å². The summed E-state index contributed by atoms with van der Waals surface area (Å²) in [6.07, 6.45) is 2.46. The van der Waals surface area contributed by atoms with Gasteiger partial charge in [0.15, 0.2) is 0 Å². The summed E-state index contributed by atoms with van der Waals surface area (Å²) in [6.45, 7) is 0.611. The van der Waals surface area contributed by atoms with Gasteiger partial charge >= 0.3 is 0 Å². The number of hydrogen-bond acceptors (Lipinski definition) is 2. The van der Waals surface area contributed by atoms with Crippen LogP contribution in [0.4, 0.5) is 0 Å². The van der Waals surface area contributed by atoms with Crippen LogP contribution in [0.5, 0.6) is 0 Å². The van der Waals surface area contributed by atoms with Gasteiger partial charge in [-0.2, -0.15) is 0 Å². The maximum absolute atomic E-state index is 5.27. The summed E-state index contributed by atoms with van der Waals surface area (Å²) < 4.78 is 0. The zero-order valence-electron chi connectivity index (χ0n) is 6.25. The molecule has 0 aliphatic heterocycles. The van der Waals surface area contributed by atoms with E-state index in [0.29, 0.717) is 6.54 Å². The first kappa shape index (κ1) is 7.77. The Labute approximate surface area is 66.4 Å². The van der Waals surface area contributed by atoms with Crippen molar-refractivity contribution < 1.29 is 0 Å². The van der Waals surface area contributed by atoms with Gasteiger partial charge in [0.1, 0.15) is 5.69 Å². The molecule has 0 bridgehead atoms. The molecular formula is C9H10N2. The summed E-state index contributed by atoms with van der Waals surface area (Å²) in [7, 11) is 0. The number of nitrogens with two attached hydrogens (primary N) is 1. The second kappa shape index (κ2) is 4.48. The topological polar surface area (TPSA) is 38.9 Å².